The Labute approximate surface area is 254 Å². The van der Waals surface area contributed by atoms with Crippen molar-refractivity contribution in [1.82, 2.24) is 15.2 Å². The molecule has 0 radical (unpaired) electrons. The number of rotatable bonds is 6. The second-order valence-electron chi connectivity index (χ2n) is 11.9. The summed E-state index contributed by atoms with van der Waals surface area (Å²) >= 11 is 1.52. The van der Waals surface area contributed by atoms with Crippen molar-refractivity contribution in [2.75, 3.05) is 13.1 Å². The van der Waals surface area contributed by atoms with Crippen molar-refractivity contribution in [3.8, 4) is 17.9 Å². The quantitative estimate of drug-likeness (QED) is 0.354. The fourth-order valence-electron chi connectivity index (χ4n) is 5.08. The van der Waals surface area contributed by atoms with E-state index in [4.69, 9.17) is 14.8 Å². The molecule has 0 spiro atoms. The molecule has 1 saturated heterocycles. The zero-order valence-electron chi connectivity index (χ0n) is 25.3. The molecule has 9 nitrogen and oxygen atoms in total. The molecule has 234 valence electrons. The summed E-state index contributed by atoms with van der Waals surface area (Å²) in [6, 6.07) is 1.34. The molecule has 0 bridgehead atoms. The SMILES string of the molecule is CC#Cc1csc2cncc(C(C#N)NC=O)c12.C[C@H](CC(=O)N1CC2C(C1)C2(C)C)OC(C)(C)C.NC(=O)C(F)(F)F. The number of thiophene rings is 1. The molecule has 13 heteroatoms. The Hall–Kier alpha value is -3.68. The molecular weight excluding hydrogens is 583 g/mol. The maximum absolute atomic E-state index is 12.2. The molecule has 1 saturated carbocycles. The summed E-state index contributed by atoms with van der Waals surface area (Å²) in [4.78, 5) is 37.9. The number of pyridine rings is 1. The van der Waals surface area contributed by atoms with Gasteiger partial charge < -0.3 is 20.7 Å². The molecule has 4 rings (SSSR count). The maximum Gasteiger partial charge on any atom is 0.470 e. The number of amides is 3. The Morgan fingerprint density at radius 2 is 1.86 bits per heavy atom. The third-order valence-corrected chi connectivity index (χ3v) is 8.14. The molecule has 2 aromatic heterocycles. The molecule has 1 aliphatic carbocycles. The normalized spacial score (nSPS) is 19.5. The number of halogens is 3. The van der Waals surface area contributed by atoms with Crippen LogP contribution < -0.4 is 11.1 Å². The molecule has 1 aliphatic heterocycles. The first-order valence-electron chi connectivity index (χ1n) is 13.6. The molecule has 0 aromatic carbocycles. The van der Waals surface area contributed by atoms with E-state index in [0.717, 1.165) is 40.6 Å². The van der Waals surface area contributed by atoms with Gasteiger partial charge in [0.05, 0.1) is 28.9 Å². The number of aromatic nitrogens is 1. The Morgan fingerprint density at radius 3 is 2.33 bits per heavy atom. The third kappa shape index (κ3) is 9.66. The maximum atomic E-state index is 12.2. The topological polar surface area (TPSA) is 138 Å². The lowest BCUT2D eigenvalue weighted by molar-refractivity contribution is -0.169. The summed E-state index contributed by atoms with van der Waals surface area (Å²) in [6.45, 7) is 16.4. The van der Waals surface area contributed by atoms with E-state index in [-0.39, 0.29) is 17.6 Å². The predicted octanol–water partition coefficient (Wildman–Crippen LogP) is 4.71. The van der Waals surface area contributed by atoms with Crippen molar-refractivity contribution in [3.05, 3.63) is 28.9 Å². The molecule has 43 heavy (non-hydrogen) atoms. The van der Waals surface area contributed by atoms with E-state index in [0.29, 0.717) is 23.8 Å². The first-order chi connectivity index (χ1) is 19.9. The van der Waals surface area contributed by atoms with Gasteiger partial charge in [-0.25, -0.2) is 0 Å². The van der Waals surface area contributed by atoms with E-state index in [1.807, 2.05) is 44.0 Å². The van der Waals surface area contributed by atoms with Gasteiger partial charge in [0.15, 0.2) is 0 Å². The van der Waals surface area contributed by atoms with E-state index >= 15 is 0 Å². The summed E-state index contributed by atoms with van der Waals surface area (Å²) in [5.41, 5.74) is 5.66. The monoisotopic (exact) mass is 621 g/mol. The number of ether oxygens (including phenoxy) is 1. The smallest absolute Gasteiger partial charge is 0.372 e. The van der Waals surface area contributed by atoms with E-state index in [2.05, 4.69) is 41.7 Å². The molecule has 2 aromatic rings. The first-order valence-corrected chi connectivity index (χ1v) is 14.4. The van der Waals surface area contributed by atoms with Gasteiger partial charge in [0.2, 0.25) is 12.3 Å². The van der Waals surface area contributed by atoms with Crippen LogP contribution in [0.15, 0.2) is 17.8 Å². The number of fused-ring (bicyclic) bond motifs is 2. The minimum Gasteiger partial charge on any atom is -0.372 e. The number of carbonyl (C=O) groups excluding carboxylic acids is 3. The Morgan fingerprint density at radius 1 is 1.28 bits per heavy atom. The van der Waals surface area contributed by atoms with Gasteiger partial charge in [-0.05, 0) is 51.9 Å². The van der Waals surface area contributed by atoms with Crippen LogP contribution in [0.4, 0.5) is 13.2 Å². The van der Waals surface area contributed by atoms with Crippen molar-refractivity contribution in [2.24, 2.45) is 23.0 Å². The third-order valence-electron chi connectivity index (χ3n) is 7.22. The number of nitrogens with two attached hydrogens (primary N) is 1. The van der Waals surface area contributed by atoms with Crippen LogP contribution >= 0.6 is 11.3 Å². The van der Waals surface area contributed by atoms with Crippen LogP contribution in [0.5, 0.6) is 0 Å². The molecule has 3 amide bonds. The summed E-state index contributed by atoms with van der Waals surface area (Å²) in [5, 5.41) is 14.4. The summed E-state index contributed by atoms with van der Waals surface area (Å²) in [6.07, 6.45) is -0.496. The number of carbonyl (C=O) groups is 3. The number of piperidine rings is 1. The van der Waals surface area contributed by atoms with Gasteiger partial charge in [-0.1, -0.05) is 19.8 Å². The lowest BCUT2D eigenvalue weighted by atomic mass is 10.0. The zero-order chi connectivity index (χ0) is 32.8. The number of nitrogens with zero attached hydrogens (tertiary/aromatic N) is 3. The van der Waals surface area contributed by atoms with Gasteiger partial charge >= 0.3 is 12.1 Å². The fraction of sp³-hybridized carbons (Fsp3) is 0.567. The number of hydrogen-bond donors (Lipinski definition) is 2. The van der Waals surface area contributed by atoms with E-state index in [9.17, 15) is 22.8 Å². The van der Waals surface area contributed by atoms with Crippen molar-refractivity contribution < 1.29 is 32.3 Å². The largest absolute Gasteiger partial charge is 0.470 e. The molecule has 4 atom stereocenters. The standard InChI is InChI=1S/C15H27NO2.C13H9N3OS.C2H2F3NO/c1-10(18-14(2,3)4)7-13(17)16-8-11-12(9-16)15(11,5)6;1-2-3-9-7-18-12-6-15-5-10(13(9)12)11(4-14)16-8-17;3-2(4,5)1(6)7/h10-12H,7-9H2,1-6H3;5-8,11H,1H3,(H,16,17);(H2,6,7)/t10-,11?,12?;;/m1../s1. The van der Waals surface area contributed by atoms with Gasteiger partial charge in [-0.15, -0.1) is 17.3 Å². The van der Waals surface area contributed by atoms with Crippen LogP contribution in [0.1, 0.15) is 72.1 Å². The lowest BCUT2D eigenvalue weighted by Crippen LogP contribution is -2.36. The number of hydrogen-bond acceptors (Lipinski definition) is 7. The van der Waals surface area contributed by atoms with Gasteiger partial charge in [-0.3, -0.25) is 19.4 Å². The second-order valence-corrected chi connectivity index (χ2v) is 12.8. The van der Waals surface area contributed by atoms with Crippen molar-refractivity contribution >= 4 is 39.6 Å². The molecule has 3 N–H and O–H groups in total. The highest BCUT2D eigenvalue weighted by Gasteiger charge is 2.62. The highest BCUT2D eigenvalue weighted by molar-refractivity contribution is 7.17. The van der Waals surface area contributed by atoms with Gasteiger partial charge in [0.25, 0.3) is 0 Å². The summed E-state index contributed by atoms with van der Waals surface area (Å²) < 4.78 is 38.9. The van der Waals surface area contributed by atoms with Crippen LogP contribution in [-0.2, 0) is 19.1 Å². The molecule has 2 fully saturated rings. The Balaban J connectivity index is 0.000000247. The van der Waals surface area contributed by atoms with Crippen LogP contribution in [-0.4, -0.2) is 59.1 Å². The highest BCUT2D eigenvalue weighted by atomic mass is 32.1. The summed E-state index contributed by atoms with van der Waals surface area (Å²) in [5.74, 6) is 5.32. The number of likely N-dealkylation sites (tertiary alicyclic amines) is 1. The van der Waals surface area contributed by atoms with Gasteiger partial charge in [-0.2, -0.15) is 18.4 Å². The highest BCUT2D eigenvalue weighted by Crippen LogP contribution is 2.62. The molecular formula is C30H38F3N5O4S. The van der Waals surface area contributed by atoms with Gasteiger partial charge in [0.1, 0.15) is 6.04 Å². The minimum atomic E-state index is -4.86. The van der Waals surface area contributed by atoms with Crippen molar-refractivity contribution in [1.29, 1.82) is 5.26 Å². The lowest BCUT2D eigenvalue weighted by Gasteiger charge is -2.27. The van der Waals surface area contributed by atoms with Crippen LogP contribution in [0.2, 0.25) is 0 Å². The number of alkyl halides is 3. The number of primary amides is 1. The zero-order valence-corrected chi connectivity index (χ0v) is 26.2. The van der Waals surface area contributed by atoms with E-state index in [1.165, 1.54) is 11.3 Å². The van der Waals surface area contributed by atoms with Crippen molar-refractivity contribution in [2.45, 2.75) is 78.8 Å². The van der Waals surface area contributed by atoms with Crippen molar-refractivity contribution in [3.63, 3.8) is 0 Å². The molecule has 2 aliphatic rings. The number of nitriles is 1. The Kier molecular flexibility index (Phi) is 11.7. The average molecular weight is 622 g/mol. The molecule has 3 unspecified atom stereocenters. The fourth-order valence-corrected chi connectivity index (χ4v) is 5.97. The predicted molar refractivity (Wildman–Crippen MR) is 157 cm³/mol. The van der Waals surface area contributed by atoms with Crippen LogP contribution in [0.3, 0.4) is 0 Å². The van der Waals surface area contributed by atoms with Crippen LogP contribution in [0.25, 0.3) is 10.1 Å². The Bertz CT molecular complexity index is 1400. The van der Waals surface area contributed by atoms with Crippen LogP contribution in [0, 0.1) is 40.4 Å². The van der Waals surface area contributed by atoms with E-state index in [1.54, 1.807) is 19.3 Å². The molecule has 3 heterocycles. The van der Waals surface area contributed by atoms with E-state index < -0.39 is 18.1 Å². The minimum absolute atomic E-state index is 0.00226. The number of nitrogens with one attached hydrogen (secondary N) is 1. The average Bonchev–Trinajstić information content (AvgIpc) is 3.29. The summed E-state index contributed by atoms with van der Waals surface area (Å²) in [7, 11) is 0. The van der Waals surface area contributed by atoms with Gasteiger partial charge in [0, 0.05) is 47.4 Å². The second kappa shape index (κ2) is 14.2. The first kappa shape index (κ1) is 35.5.